The molecule has 0 amide bonds. The largest absolute Gasteiger partial charge is 0.497 e. The second-order valence-electron chi connectivity index (χ2n) is 5.81. The lowest BCUT2D eigenvalue weighted by atomic mass is 9.84. The van der Waals surface area contributed by atoms with Gasteiger partial charge in [0.05, 0.1) is 12.7 Å². The van der Waals surface area contributed by atoms with E-state index in [1.54, 1.807) is 7.11 Å². The molecule has 0 radical (unpaired) electrons. The Kier molecular flexibility index (Phi) is 4.83. The van der Waals surface area contributed by atoms with E-state index >= 15 is 0 Å². The van der Waals surface area contributed by atoms with Gasteiger partial charge in [-0.2, -0.15) is 0 Å². The Balaban J connectivity index is 1.87. The van der Waals surface area contributed by atoms with Gasteiger partial charge in [-0.1, -0.05) is 31.4 Å². The summed E-state index contributed by atoms with van der Waals surface area (Å²) in [7, 11) is 3.76. The molecule has 3 nitrogen and oxygen atoms in total. The van der Waals surface area contributed by atoms with E-state index in [-0.39, 0.29) is 0 Å². The molecule has 1 saturated carbocycles. The van der Waals surface area contributed by atoms with E-state index in [1.165, 1.54) is 12.0 Å². The maximum Gasteiger partial charge on any atom is 0.118 e. The highest BCUT2D eigenvalue weighted by Gasteiger charge is 2.30. The summed E-state index contributed by atoms with van der Waals surface area (Å²) in [6.07, 6.45) is 5.48. The van der Waals surface area contributed by atoms with Crippen molar-refractivity contribution in [3.8, 4) is 5.75 Å². The highest BCUT2D eigenvalue weighted by Crippen LogP contribution is 2.28. The zero-order valence-electron chi connectivity index (χ0n) is 12.1. The highest BCUT2D eigenvalue weighted by atomic mass is 16.5. The van der Waals surface area contributed by atoms with E-state index in [4.69, 9.17) is 4.74 Å². The van der Waals surface area contributed by atoms with Gasteiger partial charge in [0.2, 0.25) is 0 Å². The van der Waals surface area contributed by atoms with Crippen LogP contribution in [0.2, 0.25) is 0 Å². The van der Waals surface area contributed by atoms with Crippen LogP contribution in [0, 0.1) is 0 Å². The minimum Gasteiger partial charge on any atom is -0.497 e. The first-order valence-electron chi connectivity index (χ1n) is 7.15. The molecule has 1 aliphatic carbocycles. The Labute approximate surface area is 116 Å². The Morgan fingerprint density at radius 1 is 1.16 bits per heavy atom. The summed E-state index contributed by atoms with van der Waals surface area (Å²) in [6, 6.07) is 8.14. The van der Waals surface area contributed by atoms with Gasteiger partial charge >= 0.3 is 0 Å². The van der Waals surface area contributed by atoms with Crippen molar-refractivity contribution in [3.05, 3.63) is 29.8 Å². The first-order chi connectivity index (χ1) is 9.11. The van der Waals surface area contributed by atoms with E-state index in [9.17, 15) is 5.11 Å². The van der Waals surface area contributed by atoms with Gasteiger partial charge in [-0.05, 0) is 37.6 Å². The lowest BCUT2D eigenvalue weighted by Crippen LogP contribution is -2.42. The second-order valence-corrected chi connectivity index (χ2v) is 5.81. The summed E-state index contributed by atoms with van der Waals surface area (Å²) in [5.74, 6) is 0.886. The van der Waals surface area contributed by atoms with E-state index in [0.29, 0.717) is 0 Å². The number of rotatable bonds is 5. The van der Waals surface area contributed by atoms with Crippen molar-refractivity contribution in [3.63, 3.8) is 0 Å². The molecule has 1 N–H and O–H groups in total. The van der Waals surface area contributed by atoms with Crippen molar-refractivity contribution in [1.82, 2.24) is 4.90 Å². The normalized spacial score (nSPS) is 18.5. The van der Waals surface area contributed by atoms with Crippen LogP contribution < -0.4 is 4.74 Å². The third kappa shape index (κ3) is 4.22. The molecule has 0 spiro atoms. The molecule has 106 valence electrons. The summed E-state index contributed by atoms with van der Waals surface area (Å²) in [6.45, 7) is 1.63. The number of nitrogens with zero attached hydrogens (tertiary/aromatic N) is 1. The smallest absolute Gasteiger partial charge is 0.118 e. The highest BCUT2D eigenvalue weighted by molar-refractivity contribution is 5.27. The molecule has 1 fully saturated rings. The van der Waals surface area contributed by atoms with Crippen LogP contribution in [0.5, 0.6) is 5.75 Å². The quantitative estimate of drug-likeness (QED) is 0.886. The molecule has 2 rings (SSSR count). The van der Waals surface area contributed by atoms with Crippen molar-refractivity contribution in [2.45, 2.75) is 44.2 Å². The second kappa shape index (κ2) is 6.40. The van der Waals surface area contributed by atoms with E-state index < -0.39 is 5.60 Å². The Morgan fingerprint density at radius 3 is 2.37 bits per heavy atom. The zero-order chi connectivity index (χ0) is 13.7. The molecule has 0 atom stereocenters. The zero-order valence-corrected chi connectivity index (χ0v) is 12.1. The van der Waals surface area contributed by atoms with Gasteiger partial charge in [-0.15, -0.1) is 0 Å². The first-order valence-corrected chi connectivity index (χ1v) is 7.15. The molecule has 0 unspecified atom stereocenters. The fourth-order valence-electron chi connectivity index (χ4n) is 2.97. The minimum atomic E-state index is -0.473. The van der Waals surface area contributed by atoms with Crippen LogP contribution in [0.25, 0.3) is 0 Å². The Bertz CT molecular complexity index is 382. The van der Waals surface area contributed by atoms with Crippen molar-refractivity contribution in [1.29, 1.82) is 0 Å². The fourth-order valence-corrected chi connectivity index (χ4v) is 2.97. The van der Waals surface area contributed by atoms with Crippen LogP contribution in [-0.2, 0) is 6.54 Å². The Morgan fingerprint density at radius 2 is 1.79 bits per heavy atom. The van der Waals surface area contributed by atoms with Gasteiger partial charge in [0.1, 0.15) is 5.75 Å². The predicted octanol–water partition coefficient (Wildman–Crippen LogP) is 2.82. The third-order valence-electron chi connectivity index (χ3n) is 3.96. The molecule has 3 heteroatoms. The van der Waals surface area contributed by atoms with Crippen LogP contribution in [-0.4, -0.2) is 36.3 Å². The van der Waals surface area contributed by atoms with Gasteiger partial charge in [-0.3, -0.25) is 4.90 Å². The summed E-state index contributed by atoms with van der Waals surface area (Å²) in [4.78, 5) is 2.22. The number of likely N-dealkylation sites (N-methyl/N-ethyl adjacent to an activating group) is 1. The number of aliphatic hydroxyl groups is 1. The molecule has 19 heavy (non-hydrogen) atoms. The summed E-state index contributed by atoms with van der Waals surface area (Å²) >= 11 is 0. The molecule has 1 aromatic carbocycles. The molecular formula is C16H25NO2. The molecule has 0 heterocycles. The minimum absolute atomic E-state index is 0.473. The molecule has 1 aliphatic rings. The molecular weight excluding hydrogens is 238 g/mol. The predicted molar refractivity (Wildman–Crippen MR) is 77.4 cm³/mol. The monoisotopic (exact) mass is 263 g/mol. The van der Waals surface area contributed by atoms with Gasteiger partial charge in [0.25, 0.3) is 0 Å². The average Bonchev–Trinajstić information content (AvgIpc) is 2.39. The fraction of sp³-hybridized carbons (Fsp3) is 0.625. The number of hydrogen-bond acceptors (Lipinski definition) is 3. The molecule has 0 saturated heterocycles. The van der Waals surface area contributed by atoms with Crippen LogP contribution in [0.1, 0.15) is 37.7 Å². The van der Waals surface area contributed by atoms with Crippen molar-refractivity contribution in [2.75, 3.05) is 20.7 Å². The topological polar surface area (TPSA) is 32.7 Å². The van der Waals surface area contributed by atoms with Gasteiger partial charge in [0.15, 0.2) is 0 Å². The SMILES string of the molecule is COc1ccc(CN(C)CC2(O)CCCCC2)cc1. The number of ether oxygens (including phenoxy) is 1. The van der Waals surface area contributed by atoms with Crippen LogP contribution in [0.4, 0.5) is 0 Å². The summed E-state index contributed by atoms with van der Waals surface area (Å²) in [5.41, 5.74) is 0.780. The van der Waals surface area contributed by atoms with Crippen molar-refractivity contribution < 1.29 is 9.84 Å². The van der Waals surface area contributed by atoms with E-state index in [0.717, 1.165) is 44.5 Å². The summed E-state index contributed by atoms with van der Waals surface area (Å²) < 4.78 is 5.16. The van der Waals surface area contributed by atoms with Crippen LogP contribution in [0.3, 0.4) is 0 Å². The van der Waals surface area contributed by atoms with Gasteiger partial charge < -0.3 is 9.84 Å². The average molecular weight is 263 g/mol. The standard InChI is InChI=1S/C16H25NO2/c1-17(13-16(18)10-4-3-5-11-16)12-14-6-8-15(19-2)9-7-14/h6-9,18H,3-5,10-13H2,1-2H3. The van der Waals surface area contributed by atoms with Gasteiger partial charge in [-0.25, -0.2) is 0 Å². The maximum atomic E-state index is 10.5. The number of benzene rings is 1. The van der Waals surface area contributed by atoms with Crippen LogP contribution in [0.15, 0.2) is 24.3 Å². The maximum absolute atomic E-state index is 10.5. The molecule has 0 bridgehead atoms. The lowest BCUT2D eigenvalue weighted by Gasteiger charge is -2.35. The Hall–Kier alpha value is -1.06. The van der Waals surface area contributed by atoms with Crippen LogP contribution >= 0.6 is 0 Å². The van der Waals surface area contributed by atoms with E-state index in [2.05, 4.69) is 24.1 Å². The molecule has 1 aromatic rings. The first kappa shape index (κ1) is 14.4. The van der Waals surface area contributed by atoms with Crippen molar-refractivity contribution >= 4 is 0 Å². The third-order valence-corrected chi connectivity index (χ3v) is 3.96. The number of hydrogen-bond donors (Lipinski definition) is 1. The summed E-state index contributed by atoms with van der Waals surface area (Å²) in [5, 5.41) is 10.5. The molecule has 0 aromatic heterocycles. The van der Waals surface area contributed by atoms with Crippen molar-refractivity contribution in [2.24, 2.45) is 0 Å². The lowest BCUT2D eigenvalue weighted by molar-refractivity contribution is -0.0223. The van der Waals surface area contributed by atoms with E-state index in [1.807, 2.05) is 12.1 Å². The molecule has 0 aliphatic heterocycles. The van der Waals surface area contributed by atoms with Gasteiger partial charge in [0, 0.05) is 13.1 Å². The number of methoxy groups -OCH3 is 1.